The molecule has 2 rings (SSSR count). The van der Waals surface area contributed by atoms with Crippen molar-refractivity contribution >= 4 is 22.7 Å². The van der Waals surface area contributed by atoms with Crippen LogP contribution < -0.4 is 0 Å². The van der Waals surface area contributed by atoms with Crippen LogP contribution in [0.1, 0.15) is 21.9 Å². The van der Waals surface area contributed by atoms with E-state index in [0.29, 0.717) is 6.42 Å². The molecule has 3 nitrogen and oxygen atoms in total. The van der Waals surface area contributed by atoms with E-state index in [-0.39, 0.29) is 6.61 Å². The second-order valence-corrected chi connectivity index (χ2v) is 6.08. The van der Waals surface area contributed by atoms with E-state index in [4.69, 9.17) is 5.11 Å². The summed E-state index contributed by atoms with van der Waals surface area (Å²) < 4.78 is 0. The van der Waals surface area contributed by atoms with Crippen LogP contribution in [0, 0.1) is 11.8 Å². The van der Waals surface area contributed by atoms with Crippen molar-refractivity contribution in [3.8, 4) is 11.8 Å². The third-order valence-electron chi connectivity index (χ3n) is 2.45. The number of hydrogen-bond acceptors (Lipinski definition) is 5. The third-order valence-corrected chi connectivity index (χ3v) is 4.07. The predicted octanol–water partition coefficient (Wildman–Crippen LogP) is 2.57. The number of thiazole rings is 1. The van der Waals surface area contributed by atoms with Gasteiger partial charge in [-0.1, -0.05) is 11.8 Å². The Labute approximate surface area is 121 Å². The fourth-order valence-corrected chi connectivity index (χ4v) is 3.16. The Bertz CT molecular complexity index is 552. The normalized spacial score (nSPS) is 10.5. The first kappa shape index (κ1) is 14.2. The summed E-state index contributed by atoms with van der Waals surface area (Å²) in [7, 11) is 2.09. The monoisotopic (exact) mass is 292 g/mol. The quantitative estimate of drug-likeness (QED) is 0.861. The molecule has 0 fully saturated rings. The Kier molecular flexibility index (Phi) is 5.55. The summed E-state index contributed by atoms with van der Waals surface area (Å²) in [6.45, 7) is 1.90. The molecule has 0 saturated carbocycles. The first-order valence-electron chi connectivity index (χ1n) is 6.02. The van der Waals surface area contributed by atoms with Crippen LogP contribution in [-0.2, 0) is 13.1 Å². The van der Waals surface area contributed by atoms with Gasteiger partial charge in [-0.2, -0.15) is 0 Å². The summed E-state index contributed by atoms with van der Waals surface area (Å²) in [5, 5.41) is 10.8. The van der Waals surface area contributed by atoms with Crippen molar-refractivity contribution in [2.75, 3.05) is 13.7 Å². The van der Waals surface area contributed by atoms with Crippen LogP contribution in [-0.4, -0.2) is 28.6 Å². The summed E-state index contributed by atoms with van der Waals surface area (Å²) in [6.07, 6.45) is 0.539. The average molecular weight is 292 g/mol. The molecule has 0 atom stereocenters. The van der Waals surface area contributed by atoms with Gasteiger partial charge < -0.3 is 5.11 Å². The molecule has 0 aromatic carbocycles. The molecule has 100 valence electrons. The fourth-order valence-electron chi connectivity index (χ4n) is 1.65. The van der Waals surface area contributed by atoms with Gasteiger partial charge >= 0.3 is 0 Å². The molecular formula is C14H16N2OS2. The molecule has 0 amide bonds. The van der Waals surface area contributed by atoms with Gasteiger partial charge in [0.2, 0.25) is 0 Å². The van der Waals surface area contributed by atoms with Crippen molar-refractivity contribution < 1.29 is 5.11 Å². The molecule has 2 heterocycles. The Morgan fingerprint density at radius 1 is 1.37 bits per heavy atom. The Morgan fingerprint density at radius 2 is 2.26 bits per heavy atom. The number of rotatable bonds is 5. The van der Waals surface area contributed by atoms with E-state index in [0.717, 1.165) is 23.7 Å². The van der Waals surface area contributed by atoms with Crippen LogP contribution in [0.4, 0.5) is 0 Å². The van der Waals surface area contributed by atoms with E-state index < -0.39 is 0 Å². The molecule has 0 aliphatic heterocycles. The highest BCUT2D eigenvalue weighted by Crippen LogP contribution is 2.18. The first-order chi connectivity index (χ1) is 9.28. The van der Waals surface area contributed by atoms with Crippen LogP contribution >= 0.6 is 22.7 Å². The van der Waals surface area contributed by atoms with E-state index in [9.17, 15) is 0 Å². The van der Waals surface area contributed by atoms with E-state index in [2.05, 4.69) is 40.2 Å². The highest BCUT2D eigenvalue weighted by Gasteiger charge is 2.05. The fraction of sp³-hybridized carbons (Fsp3) is 0.357. The smallest absolute Gasteiger partial charge is 0.0795 e. The maximum absolute atomic E-state index is 8.68. The van der Waals surface area contributed by atoms with Crippen molar-refractivity contribution in [3.63, 3.8) is 0 Å². The lowest BCUT2D eigenvalue weighted by molar-refractivity contribution is 0.305. The molecule has 0 saturated heterocycles. The van der Waals surface area contributed by atoms with Gasteiger partial charge in [-0.25, -0.2) is 4.98 Å². The second-order valence-electron chi connectivity index (χ2n) is 4.19. The molecular weight excluding hydrogens is 276 g/mol. The molecule has 5 heteroatoms. The van der Waals surface area contributed by atoms with Crippen LogP contribution in [0.5, 0.6) is 0 Å². The molecule has 0 aliphatic rings. The van der Waals surface area contributed by atoms with Gasteiger partial charge in [-0.15, -0.1) is 22.7 Å². The minimum Gasteiger partial charge on any atom is -0.395 e. The minimum atomic E-state index is 0.127. The molecule has 0 aliphatic carbocycles. The summed E-state index contributed by atoms with van der Waals surface area (Å²) in [6, 6.07) is 4.16. The minimum absolute atomic E-state index is 0.127. The van der Waals surface area contributed by atoms with Gasteiger partial charge in [0.05, 0.1) is 22.7 Å². The topological polar surface area (TPSA) is 36.4 Å². The van der Waals surface area contributed by atoms with Crippen LogP contribution in [0.2, 0.25) is 0 Å². The van der Waals surface area contributed by atoms with Gasteiger partial charge in [0.1, 0.15) is 0 Å². The Balaban J connectivity index is 1.87. The summed E-state index contributed by atoms with van der Waals surface area (Å²) in [4.78, 5) is 8.89. The predicted molar refractivity (Wildman–Crippen MR) is 80.2 cm³/mol. The summed E-state index contributed by atoms with van der Waals surface area (Å²) in [5.74, 6) is 6.01. The zero-order valence-electron chi connectivity index (χ0n) is 10.8. The largest absolute Gasteiger partial charge is 0.395 e. The van der Waals surface area contributed by atoms with Gasteiger partial charge in [-0.3, -0.25) is 4.90 Å². The van der Waals surface area contributed by atoms with E-state index >= 15 is 0 Å². The molecule has 19 heavy (non-hydrogen) atoms. The van der Waals surface area contributed by atoms with Gasteiger partial charge in [0.25, 0.3) is 0 Å². The third kappa shape index (κ3) is 4.77. The molecule has 0 spiro atoms. The number of hydrogen-bond donors (Lipinski definition) is 1. The highest BCUT2D eigenvalue weighted by atomic mass is 32.1. The van der Waals surface area contributed by atoms with Gasteiger partial charge in [0, 0.05) is 29.8 Å². The lowest BCUT2D eigenvalue weighted by atomic mass is 10.3. The van der Waals surface area contributed by atoms with E-state index in [1.807, 2.05) is 11.6 Å². The van der Waals surface area contributed by atoms with Crippen molar-refractivity contribution in [1.29, 1.82) is 0 Å². The van der Waals surface area contributed by atoms with E-state index in [1.165, 1.54) is 4.88 Å². The van der Waals surface area contributed by atoms with Crippen LogP contribution in [0.15, 0.2) is 23.0 Å². The van der Waals surface area contributed by atoms with Crippen molar-refractivity contribution in [2.45, 2.75) is 19.5 Å². The highest BCUT2D eigenvalue weighted by molar-refractivity contribution is 7.12. The average Bonchev–Trinajstić information content (AvgIpc) is 3.02. The Hall–Kier alpha value is -1.19. The SMILES string of the molecule is CN(Cc1cscn1)Cc1ccc(C#CCCO)s1. The maximum atomic E-state index is 8.68. The molecule has 0 radical (unpaired) electrons. The standard InChI is InChI=1S/C14H16N2OS2/c1-16(8-12-10-18-11-15-12)9-14-6-5-13(19-14)4-2-3-7-17/h5-6,10-11,17H,3,7-9H2,1H3. The molecule has 0 unspecified atom stereocenters. The maximum Gasteiger partial charge on any atom is 0.0795 e. The number of aliphatic hydroxyl groups excluding tert-OH is 1. The molecule has 2 aromatic rings. The molecule has 1 N–H and O–H groups in total. The van der Waals surface area contributed by atoms with Crippen molar-refractivity contribution in [3.05, 3.63) is 38.5 Å². The summed E-state index contributed by atoms with van der Waals surface area (Å²) in [5.41, 5.74) is 2.98. The van der Waals surface area contributed by atoms with Crippen molar-refractivity contribution in [1.82, 2.24) is 9.88 Å². The number of aromatic nitrogens is 1. The number of aliphatic hydroxyl groups is 1. The van der Waals surface area contributed by atoms with Gasteiger partial charge in [0.15, 0.2) is 0 Å². The lowest BCUT2D eigenvalue weighted by Gasteiger charge is -2.13. The van der Waals surface area contributed by atoms with Gasteiger partial charge in [-0.05, 0) is 19.2 Å². The number of nitrogens with zero attached hydrogens (tertiary/aromatic N) is 2. The number of thiophene rings is 1. The molecule has 0 bridgehead atoms. The first-order valence-corrected chi connectivity index (χ1v) is 7.78. The van der Waals surface area contributed by atoms with Crippen LogP contribution in [0.3, 0.4) is 0 Å². The zero-order valence-corrected chi connectivity index (χ0v) is 12.4. The molecule has 2 aromatic heterocycles. The lowest BCUT2D eigenvalue weighted by Crippen LogP contribution is -2.16. The Morgan fingerprint density at radius 3 is 3.00 bits per heavy atom. The van der Waals surface area contributed by atoms with Crippen LogP contribution in [0.25, 0.3) is 0 Å². The summed E-state index contributed by atoms with van der Waals surface area (Å²) >= 11 is 3.34. The second kappa shape index (κ2) is 7.41. The van der Waals surface area contributed by atoms with E-state index in [1.54, 1.807) is 22.7 Å². The van der Waals surface area contributed by atoms with Crippen molar-refractivity contribution in [2.24, 2.45) is 0 Å². The zero-order chi connectivity index (χ0) is 13.5.